The molecule has 1 N–H and O–H groups in total. The SMILES string of the molecule is CC(=O)Nc1cccc(-n2cnc3c(sc4nccc(N(C)C)c43)c2=O)c1. The lowest BCUT2D eigenvalue weighted by Crippen LogP contribution is -2.18. The van der Waals surface area contributed by atoms with Crippen molar-refractivity contribution in [3.63, 3.8) is 0 Å². The molecule has 0 saturated heterocycles. The molecule has 0 aliphatic heterocycles. The van der Waals surface area contributed by atoms with Gasteiger partial charge in [0.25, 0.3) is 5.56 Å². The third-order valence-corrected chi connectivity index (χ3v) is 5.26. The van der Waals surface area contributed by atoms with Crippen LogP contribution in [0.5, 0.6) is 0 Å². The van der Waals surface area contributed by atoms with E-state index in [1.165, 1.54) is 29.2 Å². The monoisotopic (exact) mass is 379 g/mol. The van der Waals surface area contributed by atoms with E-state index in [9.17, 15) is 9.59 Å². The summed E-state index contributed by atoms with van der Waals surface area (Å²) in [5.41, 5.74) is 2.74. The molecule has 0 aliphatic carbocycles. The van der Waals surface area contributed by atoms with E-state index in [1.54, 1.807) is 30.5 Å². The maximum absolute atomic E-state index is 13.1. The molecule has 3 heterocycles. The number of anilines is 2. The normalized spacial score (nSPS) is 11.1. The van der Waals surface area contributed by atoms with Gasteiger partial charge in [-0.15, -0.1) is 11.3 Å². The minimum atomic E-state index is -0.167. The third kappa shape index (κ3) is 2.93. The van der Waals surface area contributed by atoms with E-state index in [1.807, 2.05) is 25.1 Å². The van der Waals surface area contributed by atoms with E-state index >= 15 is 0 Å². The van der Waals surface area contributed by atoms with Gasteiger partial charge in [0, 0.05) is 32.9 Å². The first-order valence-corrected chi connectivity index (χ1v) is 9.11. The molecule has 0 bridgehead atoms. The highest BCUT2D eigenvalue weighted by Crippen LogP contribution is 2.35. The molecule has 0 radical (unpaired) electrons. The van der Waals surface area contributed by atoms with Crippen LogP contribution in [0, 0.1) is 0 Å². The Bertz CT molecular complexity index is 1240. The van der Waals surface area contributed by atoms with Crippen molar-refractivity contribution < 1.29 is 4.79 Å². The summed E-state index contributed by atoms with van der Waals surface area (Å²) in [5, 5.41) is 3.61. The van der Waals surface area contributed by atoms with Crippen LogP contribution in [0.2, 0.25) is 0 Å². The van der Waals surface area contributed by atoms with Crippen LogP contribution in [0.15, 0.2) is 47.7 Å². The van der Waals surface area contributed by atoms with Crippen LogP contribution in [-0.4, -0.2) is 34.5 Å². The summed E-state index contributed by atoms with van der Waals surface area (Å²) in [6.07, 6.45) is 3.26. The average Bonchev–Trinajstić information content (AvgIpc) is 3.01. The maximum atomic E-state index is 13.1. The Morgan fingerprint density at radius 2 is 2.04 bits per heavy atom. The largest absolute Gasteiger partial charge is 0.377 e. The Kier molecular flexibility index (Phi) is 4.12. The Hall–Kier alpha value is -3.26. The number of hydrogen-bond donors (Lipinski definition) is 1. The van der Waals surface area contributed by atoms with Gasteiger partial charge < -0.3 is 10.2 Å². The molecule has 0 atom stereocenters. The molecule has 0 spiro atoms. The molecule has 0 saturated carbocycles. The summed E-state index contributed by atoms with van der Waals surface area (Å²) in [5.74, 6) is -0.167. The zero-order chi connectivity index (χ0) is 19.1. The van der Waals surface area contributed by atoms with Gasteiger partial charge in [-0.05, 0) is 24.3 Å². The smallest absolute Gasteiger partial charge is 0.275 e. The van der Waals surface area contributed by atoms with E-state index in [0.29, 0.717) is 21.6 Å². The molecule has 0 unspecified atom stereocenters. The van der Waals surface area contributed by atoms with Crippen molar-refractivity contribution in [2.75, 3.05) is 24.3 Å². The quantitative estimate of drug-likeness (QED) is 0.592. The lowest BCUT2D eigenvalue weighted by Gasteiger charge is -2.13. The predicted molar refractivity (Wildman–Crippen MR) is 109 cm³/mol. The number of hydrogen-bond acceptors (Lipinski definition) is 6. The number of carbonyl (C=O) groups is 1. The highest BCUT2D eigenvalue weighted by Gasteiger charge is 2.17. The number of benzene rings is 1. The number of nitrogens with one attached hydrogen (secondary N) is 1. The van der Waals surface area contributed by atoms with Gasteiger partial charge in [-0.2, -0.15) is 0 Å². The first-order chi connectivity index (χ1) is 13.0. The molecule has 8 heteroatoms. The summed E-state index contributed by atoms with van der Waals surface area (Å²) < 4.78 is 2.04. The average molecular weight is 379 g/mol. The maximum Gasteiger partial charge on any atom is 0.275 e. The second kappa shape index (κ2) is 6.48. The van der Waals surface area contributed by atoms with Crippen LogP contribution in [0.25, 0.3) is 26.1 Å². The number of nitrogens with zero attached hydrogens (tertiary/aromatic N) is 4. The second-order valence-electron chi connectivity index (χ2n) is 6.34. The number of carbonyl (C=O) groups excluding carboxylic acids is 1. The zero-order valence-electron chi connectivity index (χ0n) is 15.1. The molecule has 136 valence electrons. The Labute approximate surface area is 158 Å². The molecular weight excluding hydrogens is 362 g/mol. The first kappa shape index (κ1) is 17.2. The van der Waals surface area contributed by atoms with Gasteiger partial charge in [0.05, 0.1) is 22.3 Å². The van der Waals surface area contributed by atoms with Gasteiger partial charge >= 0.3 is 0 Å². The third-order valence-electron chi connectivity index (χ3n) is 4.19. The van der Waals surface area contributed by atoms with Crippen LogP contribution in [0.3, 0.4) is 0 Å². The van der Waals surface area contributed by atoms with Crippen molar-refractivity contribution in [2.24, 2.45) is 0 Å². The van der Waals surface area contributed by atoms with E-state index in [2.05, 4.69) is 15.3 Å². The van der Waals surface area contributed by atoms with Crippen molar-refractivity contribution >= 4 is 49.1 Å². The Morgan fingerprint density at radius 1 is 1.22 bits per heavy atom. The molecule has 27 heavy (non-hydrogen) atoms. The number of fused-ring (bicyclic) bond motifs is 3. The number of aromatic nitrogens is 3. The van der Waals surface area contributed by atoms with E-state index in [-0.39, 0.29) is 11.5 Å². The van der Waals surface area contributed by atoms with Crippen LogP contribution in [0.4, 0.5) is 11.4 Å². The van der Waals surface area contributed by atoms with Crippen LogP contribution >= 0.6 is 11.3 Å². The molecule has 4 rings (SSSR count). The molecule has 4 aromatic rings. The van der Waals surface area contributed by atoms with E-state index in [0.717, 1.165) is 15.9 Å². The van der Waals surface area contributed by atoms with Gasteiger partial charge in [-0.1, -0.05) is 6.07 Å². The topological polar surface area (TPSA) is 80.1 Å². The Morgan fingerprint density at radius 3 is 2.78 bits per heavy atom. The summed E-state index contributed by atoms with van der Waals surface area (Å²) >= 11 is 1.34. The van der Waals surface area contributed by atoms with Gasteiger partial charge in [0.2, 0.25) is 5.91 Å². The number of thiophene rings is 1. The lowest BCUT2D eigenvalue weighted by molar-refractivity contribution is -0.114. The fraction of sp³-hybridized carbons (Fsp3) is 0.158. The summed E-state index contributed by atoms with van der Waals surface area (Å²) in [6.45, 7) is 1.44. The molecule has 0 aliphatic rings. The van der Waals surface area contributed by atoms with Crippen molar-refractivity contribution in [3.8, 4) is 5.69 Å². The standard InChI is InChI=1S/C19H17N5O2S/c1-11(25)22-12-5-4-6-13(9-12)24-10-21-16-15-14(23(2)3)7-8-20-18(15)27-17(16)19(24)26/h4-10H,1-3H3,(H,22,25). The van der Waals surface area contributed by atoms with Gasteiger partial charge in [-0.25, -0.2) is 9.97 Å². The highest BCUT2D eigenvalue weighted by molar-refractivity contribution is 7.25. The van der Waals surface area contributed by atoms with Crippen molar-refractivity contribution in [1.29, 1.82) is 0 Å². The molecule has 0 fully saturated rings. The first-order valence-electron chi connectivity index (χ1n) is 8.30. The van der Waals surface area contributed by atoms with Gasteiger partial charge in [-0.3, -0.25) is 14.2 Å². The molecule has 1 aromatic carbocycles. The van der Waals surface area contributed by atoms with E-state index in [4.69, 9.17) is 0 Å². The summed E-state index contributed by atoms with van der Waals surface area (Å²) in [6, 6.07) is 9.02. The molecule has 7 nitrogen and oxygen atoms in total. The van der Waals surface area contributed by atoms with Crippen LogP contribution < -0.4 is 15.8 Å². The number of pyridine rings is 1. The highest BCUT2D eigenvalue weighted by atomic mass is 32.1. The number of rotatable bonds is 3. The lowest BCUT2D eigenvalue weighted by atomic mass is 10.2. The summed E-state index contributed by atoms with van der Waals surface area (Å²) in [4.78, 5) is 36.1. The summed E-state index contributed by atoms with van der Waals surface area (Å²) in [7, 11) is 3.90. The zero-order valence-corrected chi connectivity index (χ0v) is 15.9. The minimum Gasteiger partial charge on any atom is -0.377 e. The van der Waals surface area contributed by atoms with Crippen molar-refractivity contribution in [3.05, 3.63) is 53.2 Å². The molecular formula is C19H17N5O2S. The van der Waals surface area contributed by atoms with Gasteiger partial charge in [0.15, 0.2) is 0 Å². The fourth-order valence-corrected chi connectivity index (χ4v) is 4.08. The Balaban J connectivity index is 1.94. The number of amides is 1. The van der Waals surface area contributed by atoms with Crippen LogP contribution in [-0.2, 0) is 4.79 Å². The van der Waals surface area contributed by atoms with Crippen molar-refractivity contribution in [1.82, 2.24) is 14.5 Å². The minimum absolute atomic E-state index is 0.160. The molecule has 3 aromatic heterocycles. The van der Waals surface area contributed by atoms with Crippen molar-refractivity contribution in [2.45, 2.75) is 6.92 Å². The fourth-order valence-electron chi connectivity index (χ4n) is 3.03. The van der Waals surface area contributed by atoms with Crippen LogP contribution in [0.1, 0.15) is 6.92 Å². The predicted octanol–water partition coefficient (Wildman–Crippen LogP) is 3.02. The molecule has 1 amide bonds. The van der Waals surface area contributed by atoms with E-state index < -0.39 is 0 Å². The second-order valence-corrected chi connectivity index (χ2v) is 7.33. The van der Waals surface area contributed by atoms with Gasteiger partial charge in [0.1, 0.15) is 15.9 Å².